The third-order valence-electron chi connectivity index (χ3n) is 3.59. The van der Waals surface area contributed by atoms with Crippen LogP contribution in [0.25, 0.3) is 5.69 Å². The molecule has 0 aliphatic heterocycles. The van der Waals surface area contributed by atoms with Crippen LogP contribution in [0.5, 0.6) is 5.75 Å². The number of carbonyl (C=O) groups is 1. The molecule has 14 heteroatoms. The third-order valence-corrected chi connectivity index (χ3v) is 4.51. The van der Waals surface area contributed by atoms with E-state index >= 15 is 0 Å². The number of hydrogen-bond acceptors (Lipinski definition) is 6. The lowest BCUT2D eigenvalue weighted by molar-refractivity contribution is -0.274. The van der Waals surface area contributed by atoms with Crippen LogP contribution in [0.1, 0.15) is 5.56 Å². The molecule has 0 aliphatic carbocycles. The summed E-state index contributed by atoms with van der Waals surface area (Å²) in [4.78, 5) is 12.1. The molecular weight excluding hydrogens is 452 g/mol. The lowest BCUT2D eigenvalue weighted by Crippen LogP contribution is -2.18. The molecule has 0 radical (unpaired) electrons. The summed E-state index contributed by atoms with van der Waals surface area (Å²) in [7, 11) is 0. The maximum atomic E-state index is 13.0. The maximum absolute atomic E-state index is 13.0. The van der Waals surface area contributed by atoms with Gasteiger partial charge in [-0.05, 0) is 46.8 Å². The molecule has 0 atom stereocenters. The zero-order valence-electron chi connectivity index (χ0n) is 15.1. The fourth-order valence-electron chi connectivity index (χ4n) is 2.38. The number of hydrogen-bond donors (Lipinski definition) is 1. The van der Waals surface area contributed by atoms with Crippen molar-refractivity contribution >= 4 is 23.4 Å². The molecule has 0 bridgehead atoms. The van der Waals surface area contributed by atoms with Gasteiger partial charge in [0.2, 0.25) is 11.1 Å². The monoisotopic (exact) mass is 463 g/mol. The highest BCUT2D eigenvalue weighted by molar-refractivity contribution is 7.99. The smallest absolute Gasteiger partial charge is 0.406 e. The van der Waals surface area contributed by atoms with E-state index in [-0.39, 0.29) is 22.3 Å². The molecule has 3 aromatic rings. The van der Waals surface area contributed by atoms with Crippen LogP contribution in [0, 0.1) is 0 Å². The van der Waals surface area contributed by atoms with Crippen LogP contribution < -0.4 is 10.1 Å². The first-order valence-corrected chi connectivity index (χ1v) is 9.25. The average molecular weight is 463 g/mol. The van der Waals surface area contributed by atoms with Gasteiger partial charge in [-0.2, -0.15) is 17.9 Å². The lowest BCUT2D eigenvalue weighted by Gasteiger charge is -2.13. The number of nitrogens with one attached hydrogen (secondary N) is 1. The number of ether oxygens (including phenoxy) is 1. The average Bonchev–Trinajstić information content (AvgIpc) is 3.14. The van der Waals surface area contributed by atoms with Crippen molar-refractivity contribution < 1.29 is 35.9 Å². The molecule has 2 aromatic carbocycles. The number of anilines is 1. The third kappa shape index (κ3) is 6.10. The second kappa shape index (κ2) is 8.83. The zero-order chi connectivity index (χ0) is 22.6. The predicted molar refractivity (Wildman–Crippen MR) is 96.6 cm³/mol. The Morgan fingerprint density at radius 2 is 1.71 bits per heavy atom. The number of aromatic nitrogens is 4. The summed E-state index contributed by atoms with van der Waals surface area (Å²) in [5.41, 5.74) is -1.09. The number of thioether (sulfide) groups is 1. The summed E-state index contributed by atoms with van der Waals surface area (Å²) >= 11 is 0.826. The maximum Gasteiger partial charge on any atom is 0.573 e. The van der Waals surface area contributed by atoms with Gasteiger partial charge in [-0.25, -0.2) is 0 Å². The van der Waals surface area contributed by atoms with Crippen molar-refractivity contribution in [3.63, 3.8) is 0 Å². The number of alkyl halides is 6. The van der Waals surface area contributed by atoms with E-state index in [2.05, 4.69) is 25.6 Å². The Morgan fingerprint density at radius 3 is 2.35 bits per heavy atom. The molecule has 1 amide bonds. The van der Waals surface area contributed by atoms with Crippen molar-refractivity contribution in [2.75, 3.05) is 11.1 Å². The van der Waals surface area contributed by atoms with Crippen LogP contribution in [0.2, 0.25) is 0 Å². The van der Waals surface area contributed by atoms with Gasteiger partial charge < -0.3 is 10.1 Å². The number of amides is 1. The van der Waals surface area contributed by atoms with E-state index in [9.17, 15) is 31.1 Å². The highest BCUT2D eigenvalue weighted by Gasteiger charge is 2.33. The highest BCUT2D eigenvalue weighted by atomic mass is 32.2. The van der Waals surface area contributed by atoms with E-state index < -0.39 is 29.8 Å². The van der Waals surface area contributed by atoms with Crippen molar-refractivity contribution in [1.29, 1.82) is 0 Å². The standard InChI is InChI=1S/C17H11F6N5O2S/c18-16(19,20)12-3-1-2-4-13(12)24-14(29)9-31-15-25-26-27-28(15)10-5-7-11(8-6-10)30-17(21,22)23/h1-8H,9H2,(H,24,29). The largest absolute Gasteiger partial charge is 0.573 e. The Labute approximate surface area is 174 Å². The fourth-order valence-corrected chi connectivity index (χ4v) is 3.07. The second-order valence-corrected chi connectivity index (χ2v) is 6.74. The first kappa shape index (κ1) is 22.4. The number of halogens is 6. The molecule has 1 heterocycles. The Kier molecular flexibility index (Phi) is 6.38. The van der Waals surface area contributed by atoms with Gasteiger partial charge >= 0.3 is 12.5 Å². The van der Waals surface area contributed by atoms with Gasteiger partial charge in [-0.1, -0.05) is 23.9 Å². The molecule has 0 fully saturated rings. The van der Waals surface area contributed by atoms with E-state index in [0.29, 0.717) is 0 Å². The van der Waals surface area contributed by atoms with E-state index in [1.165, 1.54) is 24.3 Å². The lowest BCUT2D eigenvalue weighted by atomic mass is 10.1. The van der Waals surface area contributed by atoms with Gasteiger partial charge in [0.05, 0.1) is 22.7 Å². The Morgan fingerprint density at radius 1 is 1.03 bits per heavy atom. The van der Waals surface area contributed by atoms with E-state index in [1.807, 2.05) is 0 Å². The molecular formula is C17H11F6N5O2S. The molecule has 0 spiro atoms. The zero-order valence-corrected chi connectivity index (χ0v) is 15.9. The van der Waals surface area contributed by atoms with E-state index in [4.69, 9.17) is 0 Å². The predicted octanol–water partition coefficient (Wildman–Crippen LogP) is 4.31. The minimum absolute atomic E-state index is 0.101. The summed E-state index contributed by atoms with van der Waals surface area (Å²) < 4.78 is 80.7. The molecule has 7 nitrogen and oxygen atoms in total. The molecule has 0 saturated carbocycles. The number of nitrogens with zero attached hydrogens (tertiary/aromatic N) is 4. The minimum atomic E-state index is -4.84. The molecule has 31 heavy (non-hydrogen) atoms. The van der Waals surface area contributed by atoms with Crippen LogP contribution in [0.4, 0.5) is 32.0 Å². The van der Waals surface area contributed by atoms with Gasteiger partial charge in [0.1, 0.15) is 5.75 Å². The van der Waals surface area contributed by atoms with Crippen LogP contribution in [0.3, 0.4) is 0 Å². The van der Waals surface area contributed by atoms with Crippen LogP contribution >= 0.6 is 11.8 Å². The van der Waals surface area contributed by atoms with Gasteiger partial charge in [0.25, 0.3) is 0 Å². The first-order chi connectivity index (χ1) is 14.5. The van der Waals surface area contributed by atoms with Gasteiger partial charge in [-0.3, -0.25) is 4.79 Å². The summed E-state index contributed by atoms with van der Waals surface area (Å²) in [6.07, 6.45) is -9.47. The SMILES string of the molecule is O=C(CSc1nnnn1-c1ccc(OC(F)(F)F)cc1)Nc1ccccc1C(F)(F)F. The molecule has 1 aromatic heterocycles. The summed E-state index contributed by atoms with van der Waals surface area (Å²) in [6.45, 7) is 0. The van der Waals surface area contributed by atoms with Crippen molar-refractivity contribution in [2.24, 2.45) is 0 Å². The summed E-state index contributed by atoms with van der Waals surface area (Å²) in [6, 6.07) is 9.16. The number of para-hydroxylation sites is 1. The fraction of sp³-hybridized carbons (Fsp3) is 0.176. The Balaban J connectivity index is 1.66. The molecule has 0 saturated heterocycles. The summed E-state index contributed by atoms with van der Waals surface area (Å²) in [5, 5.41) is 13.1. The quantitative estimate of drug-likeness (QED) is 0.434. The van der Waals surface area contributed by atoms with Crippen LogP contribution in [0.15, 0.2) is 53.7 Å². The van der Waals surface area contributed by atoms with Gasteiger partial charge in [-0.15, -0.1) is 18.3 Å². The molecule has 164 valence electrons. The van der Waals surface area contributed by atoms with Gasteiger partial charge in [0.15, 0.2) is 0 Å². The van der Waals surface area contributed by atoms with Crippen molar-refractivity contribution in [3.8, 4) is 11.4 Å². The number of tetrazole rings is 1. The van der Waals surface area contributed by atoms with Crippen molar-refractivity contribution in [3.05, 3.63) is 54.1 Å². The molecule has 3 rings (SSSR count). The van der Waals surface area contributed by atoms with Crippen molar-refractivity contribution in [1.82, 2.24) is 20.2 Å². The van der Waals surface area contributed by atoms with Crippen LogP contribution in [-0.4, -0.2) is 38.2 Å². The first-order valence-electron chi connectivity index (χ1n) is 8.26. The van der Waals surface area contributed by atoms with E-state index in [0.717, 1.165) is 40.7 Å². The molecule has 1 N–H and O–H groups in total. The number of benzene rings is 2. The minimum Gasteiger partial charge on any atom is -0.406 e. The molecule has 0 unspecified atom stereocenters. The highest BCUT2D eigenvalue weighted by Crippen LogP contribution is 2.34. The molecule has 0 aliphatic rings. The summed E-state index contributed by atoms with van der Waals surface area (Å²) in [5.74, 6) is -1.49. The van der Waals surface area contributed by atoms with Crippen molar-refractivity contribution in [2.45, 2.75) is 17.7 Å². The topological polar surface area (TPSA) is 81.9 Å². The number of rotatable bonds is 6. The Bertz CT molecular complexity index is 1050. The van der Waals surface area contributed by atoms with E-state index in [1.54, 1.807) is 0 Å². The number of carbonyl (C=O) groups excluding carboxylic acids is 1. The Hall–Kier alpha value is -3.29. The van der Waals surface area contributed by atoms with Gasteiger partial charge in [0, 0.05) is 0 Å². The second-order valence-electron chi connectivity index (χ2n) is 5.80. The normalized spacial score (nSPS) is 11.9. The van der Waals surface area contributed by atoms with Crippen LogP contribution in [-0.2, 0) is 11.0 Å².